The highest BCUT2D eigenvalue weighted by Gasteiger charge is 2.31. The lowest BCUT2D eigenvalue weighted by Crippen LogP contribution is -2.46. The lowest BCUT2D eigenvalue weighted by atomic mass is 10.1. The maximum atomic E-state index is 12.8. The Morgan fingerprint density at radius 1 is 1.19 bits per heavy atom. The van der Waals surface area contributed by atoms with Crippen molar-refractivity contribution in [2.45, 2.75) is 17.8 Å². The van der Waals surface area contributed by atoms with E-state index in [0.717, 1.165) is 51.0 Å². The highest BCUT2D eigenvalue weighted by Crippen LogP contribution is 2.31. The van der Waals surface area contributed by atoms with Gasteiger partial charge in [-0.05, 0) is 31.2 Å². The number of aromatic amines is 1. The molecule has 0 bridgehead atoms. The molecule has 0 aliphatic carbocycles. The molecular weight excluding hydrogens is 365 g/mol. The molecule has 26 heavy (non-hydrogen) atoms. The van der Waals surface area contributed by atoms with Crippen molar-refractivity contribution in [2.75, 3.05) is 49.1 Å². The first-order chi connectivity index (χ1) is 12.4. The van der Waals surface area contributed by atoms with Crippen LogP contribution >= 0.6 is 11.8 Å². The summed E-state index contributed by atoms with van der Waals surface area (Å²) in [6.07, 6.45) is -3.31. The number of hydrogen-bond acceptors (Lipinski definition) is 6. The average molecular weight is 386 g/mol. The molecular formula is C16H21F3N6S. The van der Waals surface area contributed by atoms with Gasteiger partial charge in [0.1, 0.15) is 0 Å². The number of anilines is 2. The van der Waals surface area contributed by atoms with Crippen molar-refractivity contribution < 1.29 is 13.2 Å². The van der Waals surface area contributed by atoms with E-state index in [0.29, 0.717) is 16.8 Å². The molecule has 0 amide bonds. The molecule has 1 aromatic carbocycles. The normalized spacial score (nSPS) is 16.2. The smallest absolute Gasteiger partial charge is 0.369 e. The van der Waals surface area contributed by atoms with Gasteiger partial charge in [-0.1, -0.05) is 17.8 Å². The number of nitrogen functional groups attached to an aromatic ring is 1. The number of alkyl halides is 3. The van der Waals surface area contributed by atoms with Gasteiger partial charge in [0.2, 0.25) is 11.1 Å². The van der Waals surface area contributed by atoms with Crippen LogP contribution in [0.15, 0.2) is 29.4 Å². The van der Waals surface area contributed by atoms with E-state index in [1.54, 1.807) is 17.8 Å². The van der Waals surface area contributed by atoms with Gasteiger partial charge in [0, 0.05) is 37.6 Å². The minimum Gasteiger partial charge on any atom is -0.369 e. The number of aromatic nitrogens is 3. The van der Waals surface area contributed by atoms with E-state index >= 15 is 0 Å². The molecule has 3 rings (SSSR count). The first-order valence-corrected chi connectivity index (χ1v) is 9.35. The van der Waals surface area contributed by atoms with Crippen molar-refractivity contribution in [1.82, 2.24) is 20.1 Å². The molecule has 1 fully saturated rings. The van der Waals surface area contributed by atoms with Crippen LogP contribution in [0.25, 0.3) is 0 Å². The van der Waals surface area contributed by atoms with Gasteiger partial charge in [0.05, 0.1) is 5.56 Å². The second-order valence-electron chi connectivity index (χ2n) is 6.08. The van der Waals surface area contributed by atoms with E-state index in [2.05, 4.69) is 20.1 Å². The molecule has 0 spiro atoms. The molecule has 2 aromatic rings. The molecule has 6 nitrogen and oxygen atoms in total. The quantitative estimate of drug-likeness (QED) is 0.587. The standard InChI is InChI=1S/C16H21F3N6S/c17-16(18,19)12-3-1-4-13(11-12)25-8-6-24(7-9-25)5-2-10-26-15-21-14(20)22-23-15/h1,3-4,11H,2,5-10H2,(H3,20,21,22,23). The average Bonchev–Trinajstić information content (AvgIpc) is 3.04. The van der Waals surface area contributed by atoms with Gasteiger partial charge < -0.3 is 10.6 Å². The van der Waals surface area contributed by atoms with E-state index in [4.69, 9.17) is 5.73 Å². The predicted octanol–water partition coefficient (Wildman–Crippen LogP) is 2.71. The highest BCUT2D eigenvalue weighted by molar-refractivity contribution is 7.99. The van der Waals surface area contributed by atoms with Crippen LogP contribution in [0.2, 0.25) is 0 Å². The molecule has 0 radical (unpaired) electrons. The maximum absolute atomic E-state index is 12.8. The number of piperazine rings is 1. The fourth-order valence-corrected chi connectivity index (χ4v) is 3.61. The first-order valence-electron chi connectivity index (χ1n) is 8.37. The van der Waals surface area contributed by atoms with Crippen molar-refractivity contribution in [2.24, 2.45) is 0 Å². The SMILES string of the molecule is Nc1nc(SCCCN2CCN(c3cccc(C(F)(F)F)c3)CC2)n[nH]1. The number of nitrogens with one attached hydrogen (secondary N) is 1. The summed E-state index contributed by atoms with van der Waals surface area (Å²) >= 11 is 1.55. The molecule has 2 heterocycles. The van der Waals surface area contributed by atoms with Crippen LogP contribution in [0.5, 0.6) is 0 Å². The van der Waals surface area contributed by atoms with E-state index < -0.39 is 11.7 Å². The number of H-pyrrole nitrogens is 1. The first kappa shape index (κ1) is 18.8. The third kappa shape index (κ3) is 5.04. The number of benzene rings is 1. The van der Waals surface area contributed by atoms with Crippen molar-refractivity contribution >= 4 is 23.4 Å². The van der Waals surface area contributed by atoms with Crippen LogP contribution in [-0.4, -0.2) is 58.6 Å². The number of nitrogens with zero attached hydrogens (tertiary/aromatic N) is 4. The Bertz CT molecular complexity index is 712. The summed E-state index contributed by atoms with van der Waals surface area (Å²) in [6, 6.07) is 5.55. The Labute approximate surface area is 153 Å². The number of halogens is 3. The summed E-state index contributed by atoms with van der Waals surface area (Å²) in [7, 11) is 0. The Kier molecular flexibility index (Phi) is 5.92. The number of nitrogens with two attached hydrogens (primary N) is 1. The zero-order valence-electron chi connectivity index (χ0n) is 14.2. The van der Waals surface area contributed by atoms with E-state index in [1.165, 1.54) is 12.1 Å². The Balaban J connectivity index is 1.41. The summed E-state index contributed by atoms with van der Waals surface area (Å²) in [5.41, 5.74) is 5.52. The van der Waals surface area contributed by atoms with E-state index in [1.807, 2.05) is 4.90 Å². The molecule has 0 atom stereocenters. The van der Waals surface area contributed by atoms with Gasteiger partial charge in [-0.3, -0.25) is 4.90 Å². The largest absolute Gasteiger partial charge is 0.416 e. The van der Waals surface area contributed by atoms with Crippen LogP contribution < -0.4 is 10.6 Å². The summed E-state index contributed by atoms with van der Waals surface area (Å²) in [4.78, 5) is 8.38. The Morgan fingerprint density at radius 2 is 1.96 bits per heavy atom. The van der Waals surface area contributed by atoms with Gasteiger partial charge in [-0.15, -0.1) is 5.10 Å². The minimum atomic E-state index is -4.30. The lowest BCUT2D eigenvalue weighted by Gasteiger charge is -2.36. The summed E-state index contributed by atoms with van der Waals surface area (Å²) < 4.78 is 38.5. The molecule has 0 saturated carbocycles. The second-order valence-corrected chi connectivity index (χ2v) is 7.14. The van der Waals surface area contributed by atoms with Gasteiger partial charge in [0.15, 0.2) is 0 Å². The van der Waals surface area contributed by atoms with Crippen molar-refractivity contribution in [1.29, 1.82) is 0 Å². The fourth-order valence-electron chi connectivity index (χ4n) is 2.88. The van der Waals surface area contributed by atoms with Crippen molar-refractivity contribution in [3.05, 3.63) is 29.8 Å². The van der Waals surface area contributed by atoms with Gasteiger partial charge in [-0.25, -0.2) is 5.10 Å². The fraction of sp³-hybridized carbons (Fsp3) is 0.500. The summed E-state index contributed by atoms with van der Waals surface area (Å²) in [5.74, 6) is 1.21. The third-order valence-corrected chi connectivity index (χ3v) is 5.18. The van der Waals surface area contributed by atoms with Crippen molar-refractivity contribution in [3.63, 3.8) is 0 Å². The highest BCUT2D eigenvalue weighted by atomic mass is 32.2. The molecule has 1 saturated heterocycles. The Hall–Kier alpha value is -1.94. The van der Waals surface area contributed by atoms with Crippen LogP contribution in [0.3, 0.4) is 0 Å². The monoisotopic (exact) mass is 386 g/mol. The topological polar surface area (TPSA) is 74.1 Å². The molecule has 3 N–H and O–H groups in total. The van der Waals surface area contributed by atoms with Crippen molar-refractivity contribution in [3.8, 4) is 0 Å². The molecule has 1 aromatic heterocycles. The van der Waals surface area contributed by atoms with Crippen LogP contribution in [-0.2, 0) is 6.18 Å². The van der Waals surface area contributed by atoms with Crippen LogP contribution in [0.4, 0.5) is 24.8 Å². The van der Waals surface area contributed by atoms with Crippen LogP contribution in [0, 0.1) is 0 Å². The summed E-state index contributed by atoms with van der Waals surface area (Å²) in [6.45, 7) is 4.09. The van der Waals surface area contributed by atoms with Gasteiger partial charge in [0.25, 0.3) is 0 Å². The lowest BCUT2D eigenvalue weighted by molar-refractivity contribution is -0.137. The zero-order valence-corrected chi connectivity index (χ0v) is 15.0. The number of thioether (sulfide) groups is 1. The van der Waals surface area contributed by atoms with Gasteiger partial charge in [-0.2, -0.15) is 18.2 Å². The van der Waals surface area contributed by atoms with E-state index in [-0.39, 0.29) is 0 Å². The third-order valence-electron chi connectivity index (χ3n) is 4.24. The van der Waals surface area contributed by atoms with Gasteiger partial charge >= 0.3 is 6.18 Å². The predicted molar refractivity (Wildman–Crippen MR) is 96.2 cm³/mol. The minimum absolute atomic E-state index is 0.318. The molecule has 1 aliphatic rings. The molecule has 10 heteroatoms. The van der Waals surface area contributed by atoms with Crippen LogP contribution in [0.1, 0.15) is 12.0 Å². The number of rotatable bonds is 6. The summed E-state index contributed by atoms with van der Waals surface area (Å²) in [5, 5.41) is 7.22. The Morgan fingerprint density at radius 3 is 2.62 bits per heavy atom. The zero-order chi connectivity index (χ0) is 18.6. The molecule has 1 aliphatic heterocycles. The number of hydrogen-bond donors (Lipinski definition) is 2. The maximum Gasteiger partial charge on any atom is 0.416 e. The van der Waals surface area contributed by atoms with E-state index in [9.17, 15) is 13.2 Å². The molecule has 0 unspecified atom stereocenters. The second kappa shape index (κ2) is 8.17. The molecule has 142 valence electrons.